The first-order chi connectivity index (χ1) is 11.4. The number of carboxylic acids is 1. The molecule has 0 aliphatic carbocycles. The first-order valence-electron chi connectivity index (χ1n) is 7.83. The predicted octanol–water partition coefficient (Wildman–Crippen LogP) is -2.03. The molecule has 1 fully saturated rings. The Labute approximate surface area is 144 Å². The van der Waals surface area contributed by atoms with Crippen LogP contribution in [0, 0.1) is 5.92 Å². The van der Waals surface area contributed by atoms with Crippen molar-refractivity contribution < 1.29 is 29.1 Å². The zero-order valence-electron chi connectivity index (χ0n) is 14.4. The molecule has 3 atom stereocenters. The van der Waals surface area contributed by atoms with Crippen LogP contribution >= 0.6 is 0 Å². The van der Waals surface area contributed by atoms with E-state index in [2.05, 4.69) is 5.32 Å². The number of nitrogens with one attached hydrogen (secondary N) is 1. The molecular formula is C15H24N4O6. The number of hydrogen-bond donors (Lipinski definition) is 4. The number of imide groups is 1. The van der Waals surface area contributed by atoms with Crippen molar-refractivity contribution >= 4 is 29.4 Å². The van der Waals surface area contributed by atoms with E-state index in [1.54, 1.807) is 13.8 Å². The number of amides is 2. The fraction of sp³-hybridized carbons (Fsp3) is 0.667. The fourth-order valence-corrected chi connectivity index (χ4v) is 2.44. The SMILES string of the molecule is CC(C)[C@H](N)C(=O)C(=O)[C@H](CCC(=O)O)N[C@@]1(N)CC(=O)N(C)C1=O. The molecule has 0 aromatic heterocycles. The molecular weight excluding hydrogens is 332 g/mol. The van der Waals surface area contributed by atoms with Gasteiger partial charge in [-0.25, -0.2) is 0 Å². The minimum atomic E-state index is -1.87. The lowest BCUT2D eigenvalue weighted by atomic mass is 9.92. The first-order valence-corrected chi connectivity index (χ1v) is 7.83. The second-order valence-electron chi connectivity index (χ2n) is 6.53. The van der Waals surface area contributed by atoms with Crippen LogP contribution in [0.1, 0.15) is 33.1 Å². The largest absolute Gasteiger partial charge is 0.481 e. The topological polar surface area (TPSA) is 173 Å². The van der Waals surface area contributed by atoms with Crippen molar-refractivity contribution in [3.05, 3.63) is 0 Å². The van der Waals surface area contributed by atoms with Crippen molar-refractivity contribution in [1.82, 2.24) is 10.2 Å². The molecule has 0 saturated carbocycles. The van der Waals surface area contributed by atoms with Crippen LogP contribution in [0.3, 0.4) is 0 Å². The summed E-state index contributed by atoms with van der Waals surface area (Å²) in [7, 11) is 1.24. The van der Waals surface area contributed by atoms with Gasteiger partial charge in [-0.15, -0.1) is 0 Å². The number of carbonyl (C=O) groups excluding carboxylic acids is 4. The lowest BCUT2D eigenvalue weighted by Gasteiger charge is -2.28. The summed E-state index contributed by atoms with van der Waals surface area (Å²) in [6, 6.07) is -2.39. The number of aliphatic carboxylic acids is 1. The third kappa shape index (κ3) is 4.68. The molecule has 25 heavy (non-hydrogen) atoms. The molecule has 140 valence electrons. The Kier molecular flexibility index (Phi) is 6.52. The Hall–Kier alpha value is -2.17. The Morgan fingerprint density at radius 2 is 1.84 bits per heavy atom. The zero-order chi connectivity index (χ0) is 19.5. The standard InChI is InChI=1S/C15H24N4O6/c1-7(2)11(16)13(24)12(23)8(4-5-10(21)22)18-15(17)6-9(20)19(3)14(15)25/h7-8,11,18H,4-6,16-17H2,1-3H3,(H,21,22)/t8-,11-,15-/m0/s1. The smallest absolute Gasteiger partial charge is 0.303 e. The van der Waals surface area contributed by atoms with Crippen molar-refractivity contribution in [2.75, 3.05) is 7.05 Å². The van der Waals surface area contributed by atoms with Crippen LogP contribution in [0.4, 0.5) is 0 Å². The second kappa shape index (κ2) is 7.81. The van der Waals surface area contributed by atoms with E-state index < -0.39 is 59.9 Å². The van der Waals surface area contributed by atoms with Crippen LogP contribution in [0.2, 0.25) is 0 Å². The second-order valence-corrected chi connectivity index (χ2v) is 6.53. The Morgan fingerprint density at radius 1 is 1.28 bits per heavy atom. The maximum absolute atomic E-state index is 12.5. The lowest BCUT2D eigenvalue weighted by molar-refractivity contribution is -0.141. The number of nitrogens with zero attached hydrogens (tertiary/aromatic N) is 1. The number of likely N-dealkylation sites (tertiary alicyclic amines) is 1. The highest BCUT2D eigenvalue weighted by molar-refractivity contribution is 6.41. The van der Waals surface area contributed by atoms with E-state index in [0.29, 0.717) is 0 Å². The molecule has 6 N–H and O–H groups in total. The van der Waals surface area contributed by atoms with Crippen molar-refractivity contribution in [2.24, 2.45) is 17.4 Å². The maximum atomic E-state index is 12.5. The van der Waals surface area contributed by atoms with Crippen LogP contribution in [0.15, 0.2) is 0 Å². The highest BCUT2D eigenvalue weighted by Crippen LogP contribution is 2.20. The third-order valence-corrected chi connectivity index (χ3v) is 4.15. The molecule has 1 rings (SSSR count). The summed E-state index contributed by atoms with van der Waals surface area (Å²) >= 11 is 0. The number of likely N-dealkylation sites (N-methyl/N-ethyl adjacent to an activating group) is 1. The molecule has 2 amide bonds. The molecule has 1 aliphatic rings. The monoisotopic (exact) mass is 356 g/mol. The molecule has 0 bridgehead atoms. The van der Waals surface area contributed by atoms with E-state index in [0.717, 1.165) is 4.90 Å². The number of carboxylic acid groups (broad SMARTS) is 1. The summed E-state index contributed by atoms with van der Waals surface area (Å²) in [6.45, 7) is 3.32. The minimum Gasteiger partial charge on any atom is -0.481 e. The molecule has 0 aromatic rings. The van der Waals surface area contributed by atoms with Crippen molar-refractivity contribution in [3.8, 4) is 0 Å². The van der Waals surface area contributed by atoms with Gasteiger partial charge in [-0.2, -0.15) is 0 Å². The van der Waals surface area contributed by atoms with Crippen LogP contribution in [0.5, 0.6) is 0 Å². The van der Waals surface area contributed by atoms with Gasteiger partial charge in [0.2, 0.25) is 17.5 Å². The highest BCUT2D eigenvalue weighted by atomic mass is 16.4. The molecule has 1 saturated heterocycles. The van der Waals surface area contributed by atoms with E-state index in [1.165, 1.54) is 7.05 Å². The van der Waals surface area contributed by atoms with Crippen molar-refractivity contribution in [1.29, 1.82) is 0 Å². The van der Waals surface area contributed by atoms with E-state index in [1.807, 2.05) is 0 Å². The number of carbonyl (C=O) groups is 5. The molecule has 0 radical (unpaired) electrons. The summed E-state index contributed by atoms with van der Waals surface area (Å²) in [5.41, 5.74) is 9.72. The van der Waals surface area contributed by atoms with Gasteiger partial charge in [0, 0.05) is 13.5 Å². The first kappa shape index (κ1) is 20.9. The molecule has 1 aliphatic heterocycles. The Balaban J connectivity index is 3.03. The van der Waals surface area contributed by atoms with Crippen molar-refractivity contribution in [2.45, 2.75) is 50.9 Å². The number of Topliss-reactive ketones (excluding diaryl/α,β-unsaturated/α-hetero) is 2. The summed E-state index contributed by atoms with van der Waals surface area (Å²) in [5, 5.41) is 11.3. The van der Waals surface area contributed by atoms with Crippen LogP contribution in [0.25, 0.3) is 0 Å². The number of hydrogen-bond acceptors (Lipinski definition) is 8. The van der Waals surface area contributed by atoms with Gasteiger partial charge in [-0.3, -0.25) is 34.2 Å². The van der Waals surface area contributed by atoms with Gasteiger partial charge in [-0.05, 0) is 12.3 Å². The molecule has 0 unspecified atom stereocenters. The number of ketones is 2. The average Bonchev–Trinajstić information content (AvgIpc) is 2.72. The maximum Gasteiger partial charge on any atom is 0.303 e. The molecule has 0 aromatic carbocycles. The van der Waals surface area contributed by atoms with Gasteiger partial charge < -0.3 is 16.6 Å². The highest BCUT2D eigenvalue weighted by Gasteiger charge is 2.49. The van der Waals surface area contributed by atoms with Gasteiger partial charge >= 0.3 is 5.97 Å². The predicted molar refractivity (Wildman–Crippen MR) is 85.9 cm³/mol. The van der Waals surface area contributed by atoms with E-state index in [-0.39, 0.29) is 12.3 Å². The Morgan fingerprint density at radius 3 is 2.24 bits per heavy atom. The summed E-state index contributed by atoms with van der Waals surface area (Å²) in [6.07, 6.45) is -1.10. The van der Waals surface area contributed by atoms with Gasteiger partial charge in [0.15, 0.2) is 5.66 Å². The minimum absolute atomic E-state index is 0.269. The van der Waals surface area contributed by atoms with E-state index in [4.69, 9.17) is 16.6 Å². The number of rotatable bonds is 9. The third-order valence-electron chi connectivity index (χ3n) is 4.15. The number of nitrogens with two attached hydrogens (primary N) is 2. The lowest BCUT2D eigenvalue weighted by Crippen LogP contribution is -2.64. The zero-order valence-corrected chi connectivity index (χ0v) is 14.4. The molecule has 10 heteroatoms. The normalized spacial score (nSPS) is 23.0. The van der Waals surface area contributed by atoms with Gasteiger partial charge in [0.25, 0.3) is 5.91 Å². The summed E-state index contributed by atoms with van der Waals surface area (Å²) in [4.78, 5) is 60.1. The fourth-order valence-electron chi connectivity index (χ4n) is 2.44. The van der Waals surface area contributed by atoms with Gasteiger partial charge in [-0.1, -0.05) is 13.8 Å². The van der Waals surface area contributed by atoms with Crippen LogP contribution < -0.4 is 16.8 Å². The van der Waals surface area contributed by atoms with Crippen LogP contribution in [-0.2, 0) is 24.0 Å². The average molecular weight is 356 g/mol. The summed E-state index contributed by atoms with van der Waals surface area (Å²) < 4.78 is 0. The Bertz CT molecular complexity index is 605. The quantitative estimate of drug-likeness (QED) is 0.206. The molecule has 0 spiro atoms. The summed E-state index contributed by atoms with van der Waals surface area (Å²) in [5.74, 6) is -4.63. The molecule has 10 nitrogen and oxygen atoms in total. The van der Waals surface area contributed by atoms with Crippen LogP contribution in [-0.4, -0.2) is 64.2 Å². The molecule has 1 heterocycles. The van der Waals surface area contributed by atoms with Crippen molar-refractivity contribution in [3.63, 3.8) is 0 Å². The van der Waals surface area contributed by atoms with Gasteiger partial charge in [0.1, 0.15) is 0 Å². The van der Waals surface area contributed by atoms with E-state index >= 15 is 0 Å². The van der Waals surface area contributed by atoms with Gasteiger partial charge in [0.05, 0.1) is 18.5 Å². The van der Waals surface area contributed by atoms with E-state index in [9.17, 15) is 24.0 Å².